The van der Waals surface area contributed by atoms with E-state index >= 15 is 0 Å². The first-order valence-corrected chi connectivity index (χ1v) is 8.81. The average Bonchev–Trinajstić information content (AvgIpc) is 3.06. The molecule has 0 aliphatic carbocycles. The molecule has 27 heavy (non-hydrogen) atoms. The van der Waals surface area contributed by atoms with Gasteiger partial charge in [-0.05, 0) is 42.5 Å². The molecule has 3 rings (SSSR count). The molecule has 6 nitrogen and oxygen atoms in total. The minimum Gasteiger partial charge on any atom is -0.491 e. The molecule has 0 spiro atoms. The van der Waals surface area contributed by atoms with Gasteiger partial charge in [0.15, 0.2) is 0 Å². The minimum atomic E-state index is -1.13. The number of carboxylic acid groups (broad SMARTS) is 1. The summed E-state index contributed by atoms with van der Waals surface area (Å²) in [5.74, 6) is -0.576. The summed E-state index contributed by atoms with van der Waals surface area (Å²) >= 11 is 11.7. The normalized spacial score (nSPS) is 12.0. The molecule has 1 atom stereocenters. The number of aromatic carboxylic acids is 1. The fourth-order valence-corrected chi connectivity index (χ4v) is 2.72. The van der Waals surface area contributed by atoms with Gasteiger partial charge in [0.25, 0.3) is 0 Å². The molecule has 0 fully saturated rings. The Morgan fingerprint density at radius 3 is 2.26 bits per heavy atom. The van der Waals surface area contributed by atoms with Crippen LogP contribution in [-0.2, 0) is 6.54 Å². The molecule has 0 aliphatic heterocycles. The van der Waals surface area contributed by atoms with Gasteiger partial charge in [0.05, 0.1) is 12.2 Å². The van der Waals surface area contributed by atoms with Gasteiger partial charge in [0.2, 0.25) is 0 Å². The van der Waals surface area contributed by atoms with Crippen molar-refractivity contribution in [2.24, 2.45) is 0 Å². The SMILES string of the molecule is O=C(O)c1cc(-c2ccc(Cl)cc2)nn1CC(O)COc1ccc(Cl)cc1. The van der Waals surface area contributed by atoms with E-state index in [9.17, 15) is 15.0 Å². The molecule has 0 radical (unpaired) electrons. The number of halogens is 2. The number of carboxylic acids is 1. The van der Waals surface area contributed by atoms with Gasteiger partial charge in [-0.3, -0.25) is 4.68 Å². The summed E-state index contributed by atoms with van der Waals surface area (Å²) in [6.07, 6.45) is -0.947. The van der Waals surface area contributed by atoms with Crippen molar-refractivity contribution in [1.29, 1.82) is 0 Å². The Hall–Kier alpha value is -2.54. The second-order valence-electron chi connectivity index (χ2n) is 5.83. The van der Waals surface area contributed by atoms with Crippen LogP contribution in [0.15, 0.2) is 54.6 Å². The summed E-state index contributed by atoms with van der Waals surface area (Å²) in [5, 5.41) is 25.1. The maximum Gasteiger partial charge on any atom is 0.354 e. The summed E-state index contributed by atoms with van der Waals surface area (Å²) in [4.78, 5) is 11.5. The Morgan fingerprint density at radius 1 is 1.07 bits per heavy atom. The molecule has 0 saturated heterocycles. The topological polar surface area (TPSA) is 84.6 Å². The minimum absolute atomic E-state index is 0.0170. The molecule has 140 valence electrons. The lowest BCUT2D eigenvalue weighted by Gasteiger charge is -2.13. The smallest absolute Gasteiger partial charge is 0.354 e. The van der Waals surface area contributed by atoms with Crippen LogP contribution in [0, 0.1) is 0 Å². The van der Waals surface area contributed by atoms with E-state index in [-0.39, 0.29) is 18.8 Å². The zero-order chi connectivity index (χ0) is 19.4. The van der Waals surface area contributed by atoms with Crippen LogP contribution in [0.5, 0.6) is 5.75 Å². The molecule has 1 unspecified atom stereocenters. The number of hydrogen-bond donors (Lipinski definition) is 2. The van der Waals surface area contributed by atoms with Gasteiger partial charge in [-0.15, -0.1) is 0 Å². The molecular weight excluding hydrogens is 391 g/mol. The third kappa shape index (κ3) is 5.01. The number of hydrogen-bond acceptors (Lipinski definition) is 4. The Bertz CT molecular complexity index is 924. The van der Waals surface area contributed by atoms with E-state index in [0.29, 0.717) is 21.5 Å². The fraction of sp³-hybridized carbons (Fsp3) is 0.158. The Balaban J connectivity index is 1.71. The van der Waals surface area contributed by atoms with Crippen molar-refractivity contribution in [3.05, 3.63) is 70.3 Å². The van der Waals surface area contributed by atoms with Crippen molar-refractivity contribution in [3.8, 4) is 17.0 Å². The predicted octanol–water partition coefficient (Wildman–Crippen LogP) is 4.00. The quantitative estimate of drug-likeness (QED) is 0.619. The largest absolute Gasteiger partial charge is 0.491 e. The molecule has 1 aromatic heterocycles. The van der Waals surface area contributed by atoms with E-state index in [0.717, 1.165) is 5.56 Å². The summed E-state index contributed by atoms with van der Waals surface area (Å²) in [6, 6.07) is 15.1. The third-order valence-electron chi connectivity index (χ3n) is 3.78. The number of aromatic nitrogens is 2. The van der Waals surface area contributed by atoms with Crippen LogP contribution in [0.1, 0.15) is 10.5 Å². The van der Waals surface area contributed by atoms with Crippen LogP contribution >= 0.6 is 23.2 Å². The molecule has 2 aromatic carbocycles. The summed E-state index contributed by atoms with van der Waals surface area (Å²) in [6.45, 7) is -0.0420. The van der Waals surface area contributed by atoms with E-state index in [4.69, 9.17) is 27.9 Å². The maximum atomic E-state index is 11.5. The highest BCUT2D eigenvalue weighted by Crippen LogP contribution is 2.22. The van der Waals surface area contributed by atoms with E-state index in [1.807, 2.05) is 0 Å². The van der Waals surface area contributed by atoms with Crippen LogP contribution in [0.4, 0.5) is 0 Å². The first kappa shape index (κ1) is 19.2. The molecule has 1 heterocycles. The monoisotopic (exact) mass is 406 g/mol. The van der Waals surface area contributed by atoms with Gasteiger partial charge in [-0.2, -0.15) is 5.10 Å². The number of ether oxygens (including phenoxy) is 1. The van der Waals surface area contributed by atoms with E-state index < -0.39 is 12.1 Å². The molecule has 3 aromatic rings. The second kappa shape index (κ2) is 8.43. The molecule has 8 heteroatoms. The van der Waals surface area contributed by atoms with Gasteiger partial charge < -0.3 is 14.9 Å². The van der Waals surface area contributed by atoms with Crippen LogP contribution in [0.25, 0.3) is 11.3 Å². The lowest BCUT2D eigenvalue weighted by molar-refractivity contribution is 0.0659. The van der Waals surface area contributed by atoms with Crippen molar-refractivity contribution in [3.63, 3.8) is 0 Å². The Labute approximate surface area is 165 Å². The Morgan fingerprint density at radius 2 is 1.67 bits per heavy atom. The predicted molar refractivity (Wildman–Crippen MR) is 103 cm³/mol. The van der Waals surface area contributed by atoms with Crippen molar-refractivity contribution in [1.82, 2.24) is 9.78 Å². The highest BCUT2D eigenvalue weighted by molar-refractivity contribution is 6.30. The van der Waals surface area contributed by atoms with Crippen LogP contribution in [-0.4, -0.2) is 38.7 Å². The lowest BCUT2D eigenvalue weighted by Crippen LogP contribution is -2.26. The molecule has 0 amide bonds. The first-order chi connectivity index (χ1) is 12.9. The zero-order valence-electron chi connectivity index (χ0n) is 14.0. The van der Waals surface area contributed by atoms with Crippen LogP contribution < -0.4 is 4.74 Å². The molecule has 0 aliphatic rings. The van der Waals surface area contributed by atoms with Crippen molar-refractivity contribution < 1.29 is 19.7 Å². The lowest BCUT2D eigenvalue weighted by atomic mass is 10.1. The summed E-state index contributed by atoms with van der Waals surface area (Å²) in [7, 11) is 0. The molecular formula is C19H16Cl2N2O4. The van der Waals surface area contributed by atoms with Crippen LogP contribution in [0.3, 0.4) is 0 Å². The van der Waals surface area contributed by atoms with Gasteiger partial charge in [0, 0.05) is 15.6 Å². The molecule has 2 N–H and O–H groups in total. The maximum absolute atomic E-state index is 11.5. The number of aliphatic hydroxyl groups excluding tert-OH is 1. The van der Waals surface area contributed by atoms with E-state index in [1.54, 1.807) is 48.5 Å². The number of aliphatic hydroxyl groups is 1. The second-order valence-corrected chi connectivity index (χ2v) is 6.70. The van der Waals surface area contributed by atoms with Gasteiger partial charge >= 0.3 is 5.97 Å². The third-order valence-corrected chi connectivity index (χ3v) is 4.28. The van der Waals surface area contributed by atoms with Crippen LogP contribution in [0.2, 0.25) is 10.0 Å². The molecule has 0 bridgehead atoms. The van der Waals surface area contributed by atoms with Crippen molar-refractivity contribution >= 4 is 29.2 Å². The number of benzene rings is 2. The van der Waals surface area contributed by atoms with Gasteiger partial charge in [-0.25, -0.2) is 4.79 Å². The van der Waals surface area contributed by atoms with Crippen molar-refractivity contribution in [2.75, 3.05) is 6.61 Å². The summed E-state index contributed by atoms with van der Waals surface area (Å²) < 4.78 is 6.74. The van der Waals surface area contributed by atoms with E-state index in [1.165, 1.54) is 10.7 Å². The Kier molecular flexibility index (Phi) is 6.01. The highest BCUT2D eigenvalue weighted by atomic mass is 35.5. The molecule has 0 saturated carbocycles. The first-order valence-electron chi connectivity index (χ1n) is 8.06. The fourth-order valence-electron chi connectivity index (χ4n) is 2.47. The highest BCUT2D eigenvalue weighted by Gasteiger charge is 2.18. The van der Waals surface area contributed by atoms with Gasteiger partial charge in [0.1, 0.15) is 24.2 Å². The summed E-state index contributed by atoms with van der Waals surface area (Å²) in [5.41, 5.74) is 1.19. The average molecular weight is 407 g/mol. The van der Waals surface area contributed by atoms with E-state index in [2.05, 4.69) is 5.10 Å². The number of rotatable bonds is 7. The number of carbonyl (C=O) groups is 1. The standard InChI is InChI=1S/C19H16Cl2N2O4/c20-13-3-1-12(2-4-13)17-9-18(19(25)26)23(22-17)10-15(24)11-27-16-7-5-14(21)6-8-16/h1-9,15,24H,10-11H2,(H,25,26). The van der Waals surface area contributed by atoms with Gasteiger partial charge in [-0.1, -0.05) is 35.3 Å². The zero-order valence-corrected chi connectivity index (χ0v) is 15.6. The van der Waals surface area contributed by atoms with Crippen molar-refractivity contribution in [2.45, 2.75) is 12.6 Å². The number of nitrogens with zero attached hydrogens (tertiary/aromatic N) is 2.